The summed E-state index contributed by atoms with van der Waals surface area (Å²) in [5.41, 5.74) is 0.990. The molecule has 0 bridgehead atoms. The number of nitrogens with zero attached hydrogens (tertiary/aromatic N) is 1. The number of benzene rings is 1. The topological polar surface area (TPSA) is 40.5 Å². The molecule has 100 valence electrons. The molecule has 0 spiro atoms. The van der Waals surface area contributed by atoms with Crippen LogP contribution < -0.4 is 0 Å². The Labute approximate surface area is 124 Å². The van der Waals surface area contributed by atoms with E-state index < -0.39 is 0 Å². The van der Waals surface area contributed by atoms with Crippen LogP contribution >= 0.6 is 27.3 Å². The van der Waals surface area contributed by atoms with Crippen LogP contribution in [0.2, 0.25) is 0 Å². The van der Waals surface area contributed by atoms with Crippen molar-refractivity contribution in [1.82, 2.24) is 4.90 Å². The summed E-state index contributed by atoms with van der Waals surface area (Å²) in [5.74, 6) is 0.225. The lowest BCUT2D eigenvalue weighted by Gasteiger charge is -2.24. The lowest BCUT2D eigenvalue weighted by atomic mass is 10.1. The zero-order valence-electron chi connectivity index (χ0n) is 10.6. The Kier molecular flexibility index (Phi) is 4.27. The van der Waals surface area contributed by atoms with Crippen LogP contribution in [-0.4, -0.2) is 23.0 Å². The van der Waals surface area contributed by atoms with Gasteiger partial charge in [0.15, 0.2) is 0 Å². The number of aromatic hydroxyl groups is 1. The smallest absolute Gasteiger partial charge is 0.264 e. The first-order valence-electron chi connectivity index (χ1n) is 5.80. The molecule has 0 aliphatic rings. The van der Waals surface area contributed by atoms with E-state index in [2.05, 4.69) is 15.9 Å². The Morgan fingerprint density at radius 2 is 1.89 bits per heavy atom. The predicted octanol–water partition coefficient (Wildman–Crippen LogP) is 4.05. The molecule has 2 aromatic rings. The normalized spacial score (nSPS) is 12.2. The molecule has 3 nitrogen and oxygen atoms in total. The number of carbonyl (C=O) groups is 1. The monoisotopic (exact) mass is 339 g/mol. The number of hydrogen-bond donors (Lipinski definition) is 1. The summed E-state index contributed by atoms with van der Waals surface area (Å²) in [6.07, 6.45) is 0. The predicted molar refractivity (Wildman–Crippen MR) is 80.6 cm³/mol. The average Bonchev–Trinajstić information content (AvgIpc) is 2.84. The van der Waals surface area contributed by atoms with Crippen molar-refractivity contribution in [2.75, 3.05) is 7.05 Å². The molecule has 1 amide bonds. The molecule has 0 saturated carbocycles. The van der Waals surface area contributed by atoms with Gasteiger partial charge in [-0.2, -0.15) is 0 Å². The second kappa shape index (κ2) is 5.75. The van der Waals surface area contributed by atoms with Gasteiger partial charge >= 0.3 is 0 Å². The second-order valence-corrected chi connectivity index (χ2v) is 6.75. The van der Waals surface area contributed by atoms with E-state index in [1.165, 1.54) is 11.3 Å². The number of halogens is 1. The molecule has 19 heavy (non-hydrogen) atoms. The van der Waals surface area contributed by atoms with E-state index in [-0.39, 0.29) is 17.7 Å². The molecule has 1 unspecified atom stereocenters. The Balaban J connectivity index is 2.16. The highest BCUT2D eigenvalue weighted by molar-refractivity contribution is 9.11. The van der Waals surface area contributed by atoms with Crippen LogP contribution in [0.4, 0.5) is 0 Å². The van der Waals surface area contributed by atoms with E-state index in [1.807, 2.05) is 31.2 Å². The summed E-state index contributed by atoms with van der Waals surface area (Å²) in [6.45, 7) is 1.97. The van der Waals surface area contributed by atoms with E-state index in [1.54, 1.807) is 24.1 Å². The van der Waals surface area contributed by atoms with Crippen LogP contribution in [0.3, 0.4) is 0 Å². The van der Waals surface area contributed by atoms with Crippen molar-refractivity contribution in [2.24, 2.45) is 0 Å². The fraction of sp³-hybridized carbons (Fsp3) is 0.214. The molecule has 5 heteroatoms. The summed E-state index contributed by atoms with van der Waals surface area (Å²) in [5, 5.41) is 9.28. The quantitative estimate of drug-likeness (QED) is 0.916. The van der Waals surface area contributed by atoms with Gasteiger partial charge in [0.25, 0.3) is 5.91 Å². The molecule has 0 radical (unpaired) electrons. The van der Waals surface area contributed by atoms with Crippen LogP contribution in [0, 0.1) is 0 Å². The van der Waals surface area contributed by atoms with Crippen LogP contribution in [0.5, 0.6) is 5.75 Å². The van der Waals surface area contributed by atoms with Gasteiger partial charge in [-0.15, -0.1) is 11.3 Å². The van der Waals surface area contributed by atoms with Gasteiger partial charge in [-0.1, -0.05) is 12.1 Å². The summed E-state index contributed by atoms with van der Waals surface area (Å²) in [4.78, 5) is 14.7. The highest BCUT2D eigenvalue weighted by Crippen LogP contribution is 2.27. The number of thiophene rings is 1. The van der Waals surface area contributed by atoms with Gasteiger partial charge < -0.3 is 10.0 Å². The molecule has 1 N–H and O–H groups in total. The first-order valence-corrected chi connectivity index (χ1v) is 7.41. The minimum atomic E-state index is -0.0472. The van der Waals surface area contributed by atoms with Crippen LogP contribution in [0.15, 0.2) is 40.2 Å². The third kappa shape index (κ3) is 3.16. The van der Waals surface area contributed by atoms with Crippen molar-refractivity contribution < 1.29 is 9.90 Å². The molecule has 0 fully saturated rings. The van der Waals surface area contributed by atoms with E-state index in [0.717, 1.165) is 9.35 Å². The van der Waals surface area contributed by atoms with E-state index >= 15 is 0 Å². The molecule has 0 aliphatic heterocycles. The van der Waals surface area contributed by atoms with Crippen molar-refractivity contribution >= 4 is 33.2 Å². The average molecular weight is 340 g/mol. The van der Waals surface area contributed by atoms with Gasteiger partial charge in [0.1, 0.15) is 5.75 Å². The highest BCUT2D eigenvalue weighted by Gasteiger charge is 2.20. The first-order chi connectivity index (χ1) is 8.99. The maximum Gasteiger partial charge on any atom is 0.264 e. The Hall–Kier alpha value is -1.33. The van der Waals surface area contributed by atoms with Crippen molar-refractivity contribution in [2.45, 2.75) is 13.0 Å². The van der Waals surface area contributed by atoms with Crippen LogP contribution in [0.1, 0.15) is 28.2 Å². The van der Waals surface area contributed by atoms with Crippen molar-refractivity contribution in [1.29, 1.82) is 0 Å². The van der Waals surface area contributed by atoms with Crippen molar-refractivity contribution in [3.8, 4) is 5.75 Å². The third-order valence-corrected chi connectivity index (χ3v) is 4.67. The number of phenols is 1. The minimum Gasteiger partial charge on any atom is -0.508 e. The van der Waals surface area contributed by atoms with Gasteiger partial charge in [0, 0.05) is 7.05 Å². The number of carbonyl (C=O) groups excluding carboxylic acids is 1. The van der Waals surface area contributed by atoms with Gasteiger partial charge in [-0.05, 0) is 52.7 Å². The van der Waals surface area contributed by atoms with E-state index in [9.17, 15) is 9.90 Å². The van der Waals surface area contributed by atoms with Gasteiger partial charge in [-0.25, -0.2) is 0 Å². The zero-order chi connectivity index (χ0) is 14.0. The maximum absolute atomic E-state index is 12.3. The van der Waals surface area contributed by atoms with Crippen LogP contribution in [0.25, 0.3) is 0 Å². The fourth-order valence-corrected chi connectivity index (χ4v) is 3.12. The molecule has 2 rings (SSSR count). The summed E-state index contributed by atoms with van der Waals surface area (Å²) < 4.78 is 0.946. The number of amides is 1. The van der Waals surface area contributed by atoms with Gasteiger partial charge in [0.2, 0.25) is 0 Å². The van der Waals surface area contributed by atoms with Gasteiger partial charge in [0.05, 0.1) is 14.7 Å². The summed E-state index contributed by atoms with van der Waals surface area (Å²) in [7, 11) is 1.79. The SMILES string of the molecule is CC(c1ccc(O)cc1)N(C)C(=O)c1ccc(Br)s1. The largest absolute Gasteiger partial charge is 0.508 e. The number of hydrogen-bond acceptors (Lipinski definition) is 3. The zero-order valence-corrected chi connectivity index (χ0v) is 13.0. The lowest BCUT2D eigenvalue weighted by molar-refractivity contribution is 0.0747. The summed E-state index contributed by atoms with van der Waals surface area (Å²) in [6, 6.07) is 10.6. The van der Waals surface area contributed by atoms with Crippen molar-refractivity contribution in [3.05, 3.63) is 50.6 Å². The minimum absolute atomic E-state index is 0.00345. The van der Waals surface area contributed by atoms with E-state index in [4.69, 9.17) is 0 Å². The maximum atomic E-state index is 12.3. The third-order valence-electron chi connectivity index (χ3n) is 3.06. The first kappa shape index (κ1) is 14.1. The second-order valence-electron chi connectivity index (χ2n) is 4.29. The summed E-state index contributed by atoms with van der Waals surface area (Å²) >= 11 is 4.78. The molecular formula is C14H14BrNO2S. The van der Waals surface area contributed by atoms with Gasteiger partial charge in [-0.3, -0.25) is 4.79 Å². The lowest BCUT2D eigenvalue weighted by Crippen LogP contribution is -2.28. The Bertz CT molecular complexity index is 579. The highest BCUT2D eigenvalue weighted by atomic mass is 79.9. The standard InChI is InChI=1S/C14H14BrNO2S/c1-9(10-3-5-11(17)6-4-10)16(2)14(18)12-7-8-13(15)19-12/h3-9,17H,1-2H3. The number of rotatable bonds is 3. The Morgan fingerprint density at radius 3 is 2.42 bits per heavy atom. The van der Waals surface area contributed by atoms with Crippen LogP contribution in [-0.2, 0) is 0 Å². The van der Waals surface area contributed by atoms with E-state index in [0.29, 0.717) is 4.88 Å². The molecule has 0 saturated heterocycles. The molecule has 1 heterocycles. The molecule has 0 aliphatic carbocycles. The molecule has 1 atom stereocenters. The molecule has 1 aromatic carbocycles. The molecule has 1 aromatic heterocycles. The number of phenolic OH excluding ortho intramolecular Hbond substituents is 1. The van der Waals surface area contributed by atoms with Crippen molar-refractivity contribution in [3.63, 3.8) is 0 Å². The fourth-order valence-electron chi connectivity index (χ4n) is 1.76. The Morgan fingerprint density at radius 1 is 1.26 bits per heavy atom. The molecular weight excluding hydrogens is 326 g/mol.